The molecule has 0 radical (unpaired) electrons. The van der Waals surface area contributed by atoms with Gasteiger partial charge in [-0.2, -0.15) is 87.4 Å². The van der Waals surface area contributed by atoms with E-state index in [9.17, 15) is 97.3 Å². The van der Waals surface area contributed by atoms with Crippen molar-refractivity contribution in [2.24, 2.45) is 0 Å². The van der Waals surface area contributed by atoms with Crippen LogP contribution in [0.4, 0.5) is 79.0 Å². The predicted molar refractivity (Wildman–Crippen MR) is 351 cm³/mol. The van der Waals surface area contributed by atoms with Gasteiger partial charge in [0, 0.05) is 65.9 Å². The van der Waals surface area contributed by atoms with Crippen LogP contribution in [0.2, 0.25) is 0 Å². The number of rotatable bonds is 18. The quantitative estimate of drug-likeness (QED) is 0.0360. The Labute approximate surface area is 588 Å². The Morgan fingerprint density at radius 2 is 0.913 bits per heavy atom. The Kier molecular flexibility index (Phi) is 29.8. The second-order valence-electron chi connectivity index (χ2n) is 25.2. The van der Waals surface area contributed by atoms with Gasteiger partial charge >= 0.3 is 43.0 Å². The van der Waals surface area contributed by atoms with E-state index in [1.54, 1.807) is 6.07 Å². The van der Waals surface area contributed by atoms with Gasteiger partial charge < -0.3 is 30.5 Å². The molecule has 7 aromatic rings. The van der Waals surface area contributed by atoms with Crippen LogP contribution in [0.15, 0.2) is 108 Å². The van der Waals surface area contributed by atoms with Gasteiger partial charge in [-0.1, -0.05) is 88.2 Å². The molecule has 0 aliphatic carbocycles. The van der Waals surface area contributed by atoms with E-state index in [0.717, 1.165) is 127 Å². The number of carbonyl (C=O) groups is 2. The predicted octanol–water partition coefficient (Wildman–Crippen LogP) is 18.5. The number of nitrogens with zero attached hydrogens (tertiary/aromatic N) is 4. The molecule has 3 aromatic heterocycles. The summed E-state index contributed by atoms with van der Waals surface area (Å²) in [5.74, 6) is -3.86. The highest BCUT2D eigenvalue weighted by atomic mass is 32.2. The topological polar surface area (TPSA) is 193 Å². The Morgan fingerprint density at radius 1 is 0.529 bits per heavy atom. The number of aliphatic carboxylic acids is 1. The first kappa shape index (κ1) is 85.5. The number of aliphatic hydroxyl groups is 1. The Bertz CT molecular complexity index is 4080. The average Bonchev–Trinajstić information content (AvgIpc) is 0.770. The number of fused-ring (bicyclic) bond motifs is 3. The van der Waals surface area contributed by atoms with Gasteiger partial charge in [0.1, 0.15) is 17.1 Å². The second-order valence-corrected chi connectivity index (χ2v) is 26.8. The van der Waals surface area contributed by atoms with E-state index in [1.807, 2.05) is 6.92 Å². The summed E-state index contributed by atoms with van der Waals surface area (Å²) in [6.07, 6.45) is -19.8. The summed E-state index contributed by atoms with van der Waals surface area (Å²) in [6.45, 7) is 6.16. The zero-order valence-electron chi connectivity index (χ0n) is 55.8. The molecule has 104 heavy (non-hydrogen) atoms. The lowest BCUT2D eigenvalue weighted by atomic mass is 9.86. The normalized spacial score (nSPS) is 18.2. The van der Waals surface area contributed by atoms with Crippen molar-refractivity contribution >= 4 is 54.8 Å². The summed E-state index contributed by atoms with van der Waals surface area (Å²) in [7, 11) is -4.27. The SMILES string of the molecule is C.CC(=O)O.CCCN1CCCCC1CC(COC(C)=O)c1cc(C(F)(F)F)nc2c(C(F)(F)F)cccc12.O=S(=O)(OCC(CC1CCCCN1)c1cc(C(F)(F)F)nc2c(C(F)(F)F)cccc12)c1ccccc1.OCC(CC1CCCCN1)c1cc(C(F)(F)F)nc2c(C(F)(F)F)cccc12. The molecule has 10 rings (SSSR count). The molecule has 14 nitrogen and oxygen atoms in total. The maximum Gasteiger partial charge on any atom is 0.433 e. The van der Waals surface area contributed by atoms with Gasteiger partial charge in [-0.3, -0.25) is 13.8 Å². The third-order valence-corrected chi connectivity index (χ3v) is 19.0. The molecule has 3 saturated heterocycles. The number of aromatic nitrogens is 3. The largest absolute Gasteiger partial charge is 0.481 e. The zero-order valence-corrected chi connectivity index (χ0v) is 56.6. The molecule has 3 fully saturated rings. The molecular weight excluding hydrogens is 1440 g/mol. The van der Waals surface area contributed by atoms with Crippen molar-refractivity contribution in [3.05, 3.63) is 154 Å². The first-order chi connectivity index (χ1) is 48.1. The minimum Gasteiger partial charge on any atom is -0.481 e. The van der Waals surface area contributed by atoms with Crippen molar-refractivity contribution in [1.29, 1.82) is 0 Å². The fourth-order valence-corrected chi connectivity index (χ4v) is 14.0. The number of carboxylic acid groups (broad SMARTS) is 1. The minimum absolute atomic E-state index is 0. The number of carbonyl (C=O) groups excluding carboxylic acids is 1. The fraction of sp³-hybridized carbons (Fsp3) is 0.507. The van der Waals surface area contributed by atoms with E-state index in [-0.39, 0.29) is 76.3 Å². The van der Waals surface area contributed by atoms with Crippen molar-refractivity contribution in [2.75, 3.05) is 46.0 Å². The van der Waals surface area contributed by atoms with Crippen molar-refractivity contribution in [3.63, 3.8) is 0 Å². The van der Waals surface area contributed by atoms with Gasteiger partial charge in [-0.05, 0) is 156 Å². The van der Waals surface area contributed by atoms with Crippen LogP contribution in [0.1, 0.15) is 180 Å². The lowest BCUT2D eigenvalue weighted by Crippen LogP contribution is -2.41. The summed E-state index contributed by atoms with van der Waals surface area (Å²) in [6, 6.07) is 18.8. The molecule has 0 bridgehead atoms. The van der Waals surface area contributed by atoms with Gasteiger partial charge in [0.2, 0.25) is 0 Å². The summed E-state index contributed by atoms with van der Waals surface area (Å²) < 4.78 is 280. The van der Waals surface area contributed by atoms with Gasteiger partial charge in [-0.15, -0.1) is 0 Å². The van der Waals surface area contributed by atoms with E-state index in [4.69, 9.17) is 18.8 Å². The van der Waals surface area contributed by atoms with Gasteiger partial charge in [0.05, 0.1) is 58.0 Å². The van der Waals surface area contributed by atoms with Crippen molar-refractivity contribution in [2.45, 2.75) is 190 Å². The minimum atomic E-state index is -5.02. The second kappa shape index (κ2) is 36.2. The molecule has 0 amide bonds. The molecule has 33 heteroatoms. The van der Waals surface area contributed by atoms with E-state index in [0.29, 0.717) is 37.9 Å². The molecule has 4 N–H and O–H groups in total. The summed E-state index contributed by atoms with van der Waals surface area (Å²) in [5.41, 5.74) is -10.3. The highest BCUT2D eigenvalue weighted by Crippen LogP contribution is 2.45. The molecule has 0 saturated carbocycles. The number of hydrogen-bond donors (Lipinski definition) is 4. The van der Waals surface area contributed by atoms with Crippen LogP contribution in [0.3, 0.4) is 0 Å². The van der Waals surface area contributed by atoms with Crippen LogP contribution in [0, 0.1) is 0 Å². The van der Waals surface area contributed by atoms with E-state index in [1.165, 1.54) is 49.4 Å². The van der Waals surface area contributed by atoms with Crippen LogP contribution in [0.5, 0.6) is 0 Å². The number of nitrogens with one attached hydrogen (secondary N) is 2. The third kappa shape index (κ3) is 23.5. The molecule has 4 aromatic carbocycles. The Hall–Kier alpha value is -7.46. The fourth-order valence-electron chi connectivity index (χ4n) is 13.0. The zero-order chi connectivity index (χ0) is 76.0. The number of para-hydroxylation sites is 3. The summed E-state index contributed by atoms with van der Waals surface area (Å²) in [5, 5.41) is 23.6. The third-order valence-electron chi connectivity index (χ3n) is 17.7. The number of alkyl halides is 18. The van der Waals surface area contributed by atoms with E-state index >= 15 is 0 Å². The molecule has 574 valence electrons. The number of esters is 1. The molecule has 6 unspecified atom stereocenters. The highest BCUT2D eigenvalue weighted by molar-refractivity contribution is 7.86. The molecule has 6 atom stereocenters. The Balaban J connectivity index is 0.000000239. The molecular formula is C71H80F18N6O8S. The number of pyridine rings is 3. The number of aliphatic hydroxyl groups excluding tert-OH is 1. The number of benzene rings is 4. The lowest BCUT2D eigenvalue weighted by molar-refractivity contribution is -0.143. The monoisotopic (exact) mass is 1520 g/mol. The molecule has 0 spiro atoms. The maximum atomic E-state index is 13.8. The first-order valence-corrected chi connectivity index (χ1v) is 34.4. The number of piperidine rings is 3. The Morgan fingerprint density at radius 3 is 1.27 bits per heavy atom. The van der Waals surface area contributed by atoms with Gasteiger partial charge in [-0.25, -0.2) is 15.0 Å². The summed E-state index contributed by atoms with van der Waals surface area (Å²) >= 11 is 0. The first-order valence-electron chi connectivity index (χ1n) is 32.9. The van der Waals surface area contributed by atoms with E-state index < -0.39 is 140 Å². The number of halogens is 18. The van der Waals surface area contributed by atoms with Crippen LogP contribution < -0.4 is 10.6 Å². The van der Waals surface area contributed by atoms with Crippen molar-refractivity contribution < 1.29 is 116 Å². The number of ether oxygens (including phenoxy) is 1. The van der Waals surface area contributed by atoms with Crippen LogP contribution in [0.25, 0.3) is 32.7 Å². The van der Waals surface area contributed by atoms with E-state index in [2.05, 4.69) is 30.5 Å². The van der Waals surface area contributed by atoms with Crippen LogP contribution >= 0.6 is 0 Å². The number of likely N-dealkylation sites (tertiary alicyclic amines) is 1. The molecule has 6 heterocycles. The highest BCUT2D eigenvalue weighted by Gasteiger charge is 2.43. The smallest absolute Gasteiger partial charge is 0.433 e. The number of carboxylic acids is 1. The molecule has 3 aliphatic rings. The van der Waals surface area contributed by atoms with Crippen LogP contribution in [-0.2, 0) is 65.7 Å². The van der Waals surface area contributed by atoms with Gasteiger partial charge in [0.15, 0.2) is 0 Å². The van der Waals surface area contributed by atoms with Crippen molar-refractivity contribution in [3.8, 4) is 0 Å². The van der Waals surface area contributed by atoms with Gasteiger partial charge in [0.25, 0.3) is 16.1 Å². The number of hydrogen-bond acceptors (Lipinski definition) is 13. The maximum absolute atomic E-state index is 13.8. The standard InChI is InChI=1S/C25H24F6N2O3S.C24H28F6N2O2.C19H20F6N2O.C2H4O2.CH4/c26-24(27,28)21-11-6-10-19-20(14-22(25(29,30)31)33-23(19)21)16(13-17-7-4-5-12-32-17)15-36-37(34,35)18-8-2-1-3-9-18;1-3-10-32-11-5-4-7-17(32)12-16(14-34-15(2)33)19-13-21(24(28,29)30)31-22-18(19)8-6-9-20(22)23(25,26)27;20-18(21,22)15-6-3-5-13-14(9-16(19(23,24)25)27-17(13)15)11(10-28)8-12-4-1-2-7-26-12;1-2(3)4;/h1-3,6,8-11,14,16-17,32H,4-5,7,12-13,15H2;6,8-9,13,16-17H,3-5,7,10-12,14H2,1-2H3;3,5-6,9,11-12,26,28H,1-2,4,7-8,10H2;1H3,(H,3,4);1H4. The van der Waals surface area contributed by atoms with Crippen LogP contribution in [-0.4, -0.2) is 115 Å². The molecule has 3 aliphatic heterocycles. The lowest BCUT2D eigenvalue weighted by Gasteiger charge is -2.37. The summed E-state index contributed by atoms with van der Waals surface area (Å²) in [4.78, 5) is 32.7. The van der Waals surface area contributed by atoms with Crippen molar-refractivity contribution in [1.82, 2.24) is 30.5 Å². The average molecular weight is 1520 g/mol.